The SMILES string of the molecule is CCOC(=O)c1cccc([C@H]2CCC[C@@H](C(C)C)C2)c1. The van der Waals surface area contributed by atoms with Gasteiger partial charge < -0.3 is 4.74 Å². The molecule has 2 nitrogen and oxygen atoms in total. The van der Waals surface area contributed by atoms with Gasteiger partial charge in [0.25, 0.3) is 0 Å². The van der Waals surface area contributed by atoms with Crippen LogP contribution in [-0.2, 0) is 4.74 Å². The number of hydrogen-bond acceptors (Lipinski definition) is 2. The molecule has 1 saturated carbocycles. The van der Waals surface area contributed by atoms with Gasteiger partial charge in [0.2, 0.25) is 0 Å². The van der Waals surface area contributed by atoms with Gasteiger partial charge in [-0.3, -0.25) is 0 Å². The highest BCUT2D eigenvalue weighted by molar-refractivity contribution is 5.89. The maximum Gasteiger partial charge on any atom is 0.338 e. The third-order valence-electron chi connectivity index (χ3n) is 4.53. The van der Waals surface area contributed by atoms with Gasteiger partial charge in [0, 0.05) is 0 Å². The zero-order valence-corrected chi connectivity index (χ0v) is 12.9. The maximum absolute atomic E-state index is 11.8. The standard InChI is InChI=1S/C18H26O2/c1-4-20-18(19)17-10-6-9-16(12-17)15-8-5-7-14(11-15)13(2)3/h6,9-10,12-15H,4-5,7-8,11H2,1-3H3/t14-,15+/m1/s1. The molecule has 2 heteroatoms. The molecule has 0 saturated heterocycles. The molecule has 0 radical (unpaired) electrons. The van der Waals surface area contributed by atoms with Crippen molar-refractivity contribution in [1.82, 2.24) is 0 Å². The van der Waals surface area contributed by atoms with Gasteiger partial charge in [-0.2, -0.15) is 0 Å². The van der Waals surface area contributed by atoms with Crippen molar-refractivity contribution in [2.45, 2.75) is 52.4 Å². The van der Waals surface area contributed by atoms with Crippen LogP contribution in [0.5, 0.6) is 0 Å². The summed E-state index contributed by atoms with van der Waals surface area (Å²) in [6, 6.07) is 8.03. The van der Waals surface area contributed by atoms with Crippen LogP contribution in [-0.4, -0.2) is 12.6 Å². The molecule has 0 unspecified atom stereocenters. The van der Waals surface area contributed by atoms with E-state index >= 15 is 0 Å². The van der Waals surface area contributed by atoms with Crippen molar-refractivity contribution in [3.63, 3.8) is 0 Å². The lowest BCUT2D eigenvalue weighted by atomic mass is 9.74. The Labute approximate surface area is 122 Å². The van der Waals surface area contributed by atoms with Crippen molar-refractivity contribution in [1.29, 1.82) is 0 Å². The maximum atomic E-state index is 11.8. The Kier molecular flexibility index (Phi) is 5.22. The summed E-state index contributed by atoms with van der Waals surface area (Å²) in [5.74, 6) is 1.97. The molecule has 0 heterocycles. The van der Waals surface area contributed by atoms with Crippen molar-refractivity contribution in [2.75, 3.05) is 6.61 Å². The van der Waals surface area contributed by atoms with Gasteiger partial charge in [-0.25, -0.2) is 4.79 Å². The highest BCUT2D eigenvalue weighted by Gasteiger charge is 2.25. The quantitative estimate of drug-likeness (QED) is 0.738. The zero-order chi connectivity index (χ0) is 14.5. The van der Waals surface area contributed by atoms with Crippen LogP contribution >= 0.6 is 0 Å². The summed E-state index contributed by atoms with van der Waals surface area (Å²) in [6.45, 7) is 6.92. The number of esters is 1. The molecule has 0 aliphatic heterocycles. The summed E-state index contributed by atoms with van der Waals surface area (Å²) in [5, 5.41) is 0. The molecule has 0 amide bonds. The third-order valence-corrected chi connectivity index (χ3v) is 4.53. The zero-order valence-electron chi connectivity index (χ0n) is 12.9. The number of ether oxygens (including phenoxy) is 1. The van der Waals surface area contributed by atoms with Crippen LogP contribution in [0, 0.1) is 11.8 Å². The van der Waals surface area contributed by atoms with E-state index in [1.165, 1.54) is 31.2 Å². The van der Waals surface area contributed by atoms with Crippen LogP contribution in [0.2, 0.25) is 0 Å². The van der Waals surface area contributed by atoms with Gasteiger partial charge >= 0.3 is 5.97 Å². The number of carbonyl (C=O) groups is 1. The van der Waals surface area contributed by atoms with Crippen LogP contribution in [0.4, 0.5) is 0 Å². The molecule has 1 aromatic carbocycles. The highest BCUT2D eigenvalue weighted by atomic mass is 16.5. The first-order chi connectivity index (χ1) is 9.61. The molecular formula is C18H26O2. The summed E-state index contributed by atoms with van der Waals surface area (Å²) >= 11 is 0. The average Bonchev–Trinajstić information content (AvgIpc) is 2.48. The minimum atomic E-state index is -0.203. The van der Waals surface area contributed by atoms with Gasteiger partial charge in [-0.15, -0.1) is 0 Å². The summed E-state index contributed by atoms with van der Waals surface area (Å²) in [4.78, 5) is 11.8. The lowest BCUT2D eigenvalue weighted by molar-refractivity contribution is 0.0526. The lowest BCUT2D eigenvalue weighted by Crippen LogP contribution is -2.19. The van der Waals surface area contributed by atoms with Gasteiger partial charge in [0.1, 0.15) is 0 Å². The van der Waals surface area contributed by atoms with E-state index in [-0.39, 0.29) is 5.97 Å². The van der Waals surface area contributed by atoms with Gasteiger partial charge in [0.05, 0.1) is 12.2 Å². The summed E-state index contributed by atoms with van der Waals surface area (Å²) in [6.07, 6.45) is 5.16. The molecule has 2 rings (SSSR count). The van der Waals surface area contributed by atoms with Gasteiger partial charge in [-0.1, -0.05) is 38.8 Å². The Morgan fingerprint density at radius 1 is 1.35 bits per heavy atom. The normalized spacial score (nSPS) is 22.8. The smallest absolute Gasteiger partial charge is 0.338 e. The molecule has 0 spiro atoms. The molecule has 1 fully saturated rings. The molecule has 1 aromatic rings. The van der Waals surface area contributed by atoms with E-state index in [0.29, 0.717) is 18.1 Å². The monoisotopic (exact) mass is 274 g/mol. The van der Waals surface area contributed by atoms with E-state index in [4.69, 9.17) is 4.74 Å². The van der Waals surface area contributed by atoms with E-state index in [0.717, 1.165) is 11.8 Å². The van der Waals surface area contributed by atoms with Crippen LogP contribution in [0.25, 0.3) is 0 Å². The van der Waals surface area contributed by atoms with Crippen molar-refractivity contribution < 1.29 is 9.53 Å². The topological polar surface area (TPSA) is 26.3 Å². The van der Waals surface area contributed by atoms with Crippen molar-refractivity contribution in [3.8, 4) is 0 Å². The molecule has 0 aromatic heterocycles. The second kappa shape index (κ2) is 6.92. The minimum Gasteiger partial charge on any atom is -0.462 e. The molecule has 0 bridgehead atoms. The fraction of sp³-hybridized carbons (Fsp3) is 0.611. The van der Waals surface area contributed by atoms with Crippen molar-refractivity contribution in [2.24, 2.45) is 11.8 Å². The molecule has 1 aliphatic carbocycles. The van der Waals surface area contributed by atoms with Gasteiger partial charge in [0.15, 0.2) is 0 Å². The lowest BCUT2D eigenvalue weighted by Gasteiger charge is -2.32. The first-order valence-corrected chi connectivity index (χ1v) is 7.89. The van der Waals surface area contributed by atoms with Crippen LogP contribution in [0.1, 0.15) is 68.3 Å². The van der Waals surface area contributed by atoms with Crippen LogP contribution in [0.3, 0.4) is 0 Å². The predicted octanol–water partition coefficient (Wildman–Crippen LogP) is 4.79. The largest absolute Gasteiger partial charge is 0.462 e. The molecular weight excluding hydrogens is 248 g/mol. The molecule has 110 valence electrons. The minimum absolute atomic E-state index is 0.203. The van der Waals surface area contributed by atoms with E-state index < -0.39 is 0 Å². The highest BCUT2D eigenvalue weighted by Crippen LogP contribution is 2.39. The summed E-state index contributed by atoms with van der Waals surface area (Å²) in [7, 11) is 0. The second-order valence-electron chi connectivity index (χ2n) is 6.21. The van der Waals surface area contributed by atoms with E-state index in [1.54, 1.807) is 0 Å². The average molecular weight is 274 g/mol. The second-order valence-corrected chi connectivity index (χ2v) is 6.21. The van der Waals surface area contributed by atoms with E-state index in [2.05, 4.69) is 19.9 Å². The number of benzene rings is 1. The summed E-state index contributed by atoms with van der Waals surface area (Å²) in [5.41, 5.74) is 2.00. The molecule has 1 aliphatic rings. The third kappa shape index (κ3) is 3.62. The Balaban J connectivity index is 2.12. The number of rotatable bonds is 4. The van der Waals surface area contributed by atoms with Crippen LogP contribution in [0.15, 0.2) is 24.3 Å². The summed E-state index contributed by atoms with van der Waals surface area (Å²) < 4.78 is 5.09. The fourth-order valence-corrected chi connectivity index (χ4v) is 3.27. The molecule has 0 N–H and O–H groups in total. The van der Waals surface area contributed by atoms with Crippen molar-refractivity contribution >= 4 is 5.97 Å². The Bertz CT molecular complexity index is 450. The van der Waals surface area contributed by atoms with E-state index in [9.17, 15) is 4.79 Å². The Morgan fingerprint density at radius 2 is 2.15 bits per heavy atom. The fourth-order valence-electron chi connectivity index (χ4n) is 3.27. The number of hydrogen-bond donors (Lipinski definition) is 0. The Morgan fingerprint density at radius 3 is 2.85 bits per heavy atom. The van der Waals surface area contributed by atoms with Crippen molar-refractivity contribution in [3.05, 3.63) is 35.4 Å². The predicted molar refractivity (Wildman–Crippen MR) is 81.9 cm³/mol. The first-order valence-electron chi connectivity index (χ1n) is 7.89. The molecule has 20 heavy (non-hydrogen) atoms. The molecule has 2 atom stereocenters. The first kappa shape index (κ1) is 15.1. The van der Waals surface area contributed by atoms with Crippen LogP contribution < -0.4 is 0 Å². The van der Waals surface area contributed by atoms with E-state index in [1.807, 2.05) is 25.1 Å². The number of carbonyl (C=O) groups excluding carboxylic acids is 1. The van der Waals surface area contributed by atoms with Gasteiger partial charge in [-0.05, 0) is 55.2 Å². The Hall–Kier alpha value is -1.31.